The van der Waals surface area contributed by atoms with Crippen molar-refractivity contribution < 1.29 is 4.74 Å². The molecule has 1 heterocycles. The fourth-order valence-corrected chi connectivity index (χ4v) is 2.94. The number of nitrogens with zero attached hydrogens (tertiary/aromatic N) is 1. The second-order valence-electron chi connectivity index (χ2n) is 6.12. The van der Waals surface area contributed by atoms with Crippen molar-refractivity contribution in [2.24, 2.45) is 5.92 Å². The lowest BCUT2D eigenvalue weighted by atomic mass is 10.00. The summed E-state index contributed by atoms with van der Waals surface area (Å²) in [6.07, 6.45) is 2.41. The van der Waals surface area contributed by atoms with Gasteiger partial charge in [-0.2, -0.15) is 0 Å². The molecule has 0 radical (unpaired) electrons. The Balaban J connectivity index is 1.86. The van der Waals surface area contributed by atoms with Crippen molar-refractivity contribution in [3.8, 4) is 5.75 Å². The summed E-state index contributed by atoms with van der Waals surface area (Å²) in [5.74, 6) is 1.71. The summed E-state index contributed by atoms with van der Waals surface area (Å²) in [5.41, 5.74) is 1.40. The van der Waals surface area contributed by atoms with Crippen LogP contribution in [0.4, 0.5) is 0 Å². The van der Waals surface area contributed by atoms with Crippen LogP contribution in [-0.2, 0) is 6.42 Å². The standard InChI is InChI=1S/C17H28N2O/c1-14(2)12-16-13-18-9-11-19(16)10-8-15-4-6-17(20-3)7-5-15/h4-7,14,16,18H,8-13H2,1-3H3. The molecule has 0 aromatic heterocycles. The molecule has 1 fully saturated rings. The molecule has 0 aliphatic carbocycles. The van der Waals surface area contributed by atoms with Crippen LogP contribution in [-0.4, -0.2) is 44.2 Å². The van der Waals surface area contributed by atoms with Crippen LogP contribution >= 0.6 is 0 Å². The van der Waals surface area contributed by atoms with Crippen LogP contribution in [0.2, 0.25) is 0 Å². The van der Waals surface area contributed by atoms with Crippen LogP contribution < -0.4 is 10.1 Å². The van der Waals surface area contributed by atoms with Crippen LogP contribution in [0.5, 0.6) is 5.75 Å². The largest absolute Gasteiger partial charge is 0.497 e. The maximum Gasteiger partial charge on any atom is 0.118 e. The predicted octanol–water partition coefficient (Wildman–Crippen LogP) is 2.56. The maximum absolute atomic E-state index is 5.21. The molecular formula is C17H28N2O. The second kappa shape index (κ2) is 7.65. The summed E-state index contributed by atoms with van der Waals surface area (Å²) < 4.78 is 5.21. The number of piperazine rings is 1. The van der Waals surface area contributed by atoms with E-state index in [0.29, 0.717) is 6.04 Å². The molecule has 3 heteroatoms. The zero-order valence-electron chi connectivity index (χ0n) is 13.1. The molecule has 20 heavy (non-hydrogen) atoms. The minimum absolute atomic E-state index is 0.696. The van der Waals surface area contributed by atoms with E-state index >= 15 is 0 Å². The van der Waals surface area contributed by atoms with Gasteiger partial charge in [-0.15, -0.1) is 0 Å². The Labute approximate surface area is 123 Å². The number of benzene rings is 1. The highest BCUT2D eigenvalue weighted by molar-refractivity contribution is 5.27. The Morgan fingerprint density at radius 3 is 2.70 bits per heavy atom. The minimum atomic E-state index is 0.696. The first kappa shape index (κ1) is 15.3. The SMILES string of the molecule is COc1ccc(CCN2CCNCC2CC(C)C)cc1. The summed E-state index contributed by atoms with van der Waals surface area (Å²) in [7, 11) is 1.71. The first-order chi connectivity index (χ1) is 9.69. The number of rotatable bonds is 6. The zero-order valence-corrected chi connectivity index (χ0v) is 13.1. The van der Waals surface area contributed by atoms with E-state index in [4.69, 9.17) is 4.74 Å². The van der Waals surface area contributed by atoms with Gasteiger partial charge in [-0.25, -0.2) is 0 Å². The third-order valence-electron chi connectivity index (χ3n) is 4.06. The van der Waals surface area contributed by atoms with Gasteiger partial charge >= 0.3 is 0 Å². The van der Waals surface area contributed by atoms with E-state index in [2.05, 4.69) is 48.3 Å². The van der Waals surface area contributed by atoms with Gasteiger partial charge in [0.25, 0.3) is 0 Å². The van der Waals surface area contributed by atoms with Crippen molar-refractivity contribution in [3.63, 3.8) is 0 Å². The predicted molar refractivity (Wildman–Crippen MR) is 84.4 cm³/mol. The van der Waals surface area contributed by atoms with Crippen LogP contribution in [0.3, 0.4) is 0 Å². The molecule has 0 spiro atoms. The lowest BCUT2D eigenvalue weighted by Gasteiger charge is -2.37. The first-order valence-electron chi connectivity index (χ1n) is 7.76. The Morgan fingerprint density at radius 1 is 1.30 bits per heavy atom. The van der Waals surface area contributed by atoms with Gasteiger partial charge in [-0.3, -0.25) is 4.90 Å². The Bertz CT molecular complexity index is 388. The molecular weight excluding hydrogens is 248 g/mol. The van der Waals surface area contributed by atoms with Gasteiger partial charge in [-0.1, -0.05) is 26.0 Å². The average Bonchev–Trinajstić information content (AvgIpc) is 2.46. The zero-order chi connectivity index (χ0) is 14.4. The van der Waals surface area contributed by atoms with Crippen LogP contribution in [0.25, 0.3) is 0 Å². The van der Waals surface area contributed by atoms with Gasteiger partial charge in [0.05, 0.1) is 7.11 Å². The Hall–Kier alpha value is -1.06. The van der Waals surface area contributed by atoms with E-state index in [1.807, 2.05) is 0 Å². The Morgan fingerprint density at radius 2 is 2.05 bits per heavy atom. The van der Waals surface area contributed by atoms with Crippen LogP contribution in [0.1, 0.15) is 25.8 Å². The van der Waals surface area contributed by atoms with Crippen molar-refractivity contribution in [2.75, 3.05) is 33.3 Å². The summed E-state index contributed by atoms with van der Waals surface area (Å²) in [6.45, 7) is 9.23. The van der Waals surface area contributed by atoms with Crippen molar-refractivity contribution in [2.45, 2.75) is 32.7 Å². The van der Waals surface area contributed by atoms with Crippen molar-refractivity contribution >= 4 is 0 Å². The van der Waals surface area contributed by atoms with Gasteiger partial charge in [0.15, 0.2) is 0 Å². The maximum atomic E-state index is 5.21. The smallest absolute Gasteiger partial charge is 0.118 e. The molecule has 1 unspecified atom stereocenters. The van der Waals surface area contributed by atoms with Crippen molar-refractivity contribution in [1.29, 1.82) is 0 Å². The van der Waals surface area contributed by atoms with E-state index in [0.717, 1.165) is 37.7 Å². The van der Waals surface area contributed by atoms with E-state index in [9.17, 15) is 0 Å². The lowest BCUT2D eigenvalue weighted by Crippen LogP contribution is -2.52. The van der Waals surface area contributed by atoms with E-state index < -0.39 is 0 Å². The van der Waals surface area contributed by atoms with Crippen LogP contribution in [0.15, 0.2) is 24.3 Å². The molecule has 1 atom stereocenters. The molecule has 2 rings (SSSR count). The quantitative estimate of drug-likeness (QED) is 0.864. The third-order valence-corrected chi connectivity index (χ3v) is 4.06. The molecule has 0 saturated carbocycles. The molecule has 0 bridgehead atoms. The van der Waals surface area contributed by atoms with Crippen molar-refractivity contribution in [3.05, 3.63) is 29.8 Å². The molecule has 112 valence electrons. The molecule has 1 aromatic rings. The molecule has 1 N–H and O–H groups in total. The third kappa shape index (κ3) is 4.50. The molecule has 1 aromatic carbocycles. The summed E-state index contributed by atoms with van der Waals surface area (Å²) in [5, 5.41) is 3.53. The van der Waals surface area contributed by atoms with Crippen molar-refractivity contribution in [1.82, 2.24) is 10.2 Å². The monoisotopic (exact) mass is 276 g/mol. The number of hydrogen-bond donors (Lipinski definition) is 1. The molecule has 0 amide bonds. The second-order valence-corrected chi connectivity index (χ2v) is 6.12. The molecule has 1 aliphatic heterocycles. The van der Waals surface area contributed by atoms with E-state index in [-0.39, 0.29) is 0 Å². The highest BCUT2D eigenvalue weighted by atomic mass is 16.5. The summed E-state index contributed by atoms with van der Waals surface area (Å²) in [4.78, 5) is 2.65. The summed E-state index contributed by atoms with van der Waals surface area (Å²) >= 11 is 0. The van der Waals surface area contributed by atoms with E-state index in [1.54, 1.807) is 7.11 Å². The topological polar surface area (TPSA) is 24.5 Å². The van der Waals surface area contributed by atoms with Gasteiger partial charge in [0, 0.05) is 32.2 Å². The lowest BCUT2D eigenvalue weighted by molar-refractivity contribution is 0.143. The number of nitrogens with one attached hydrogen (secondary N) is 1. The van der Waals surface area contributed by atoms with E-state index in [1.165, 1.54) is 18.5 Å². The number of ether oxygens (including phenoxy) is 1. The van der Waals surface area contributed by atoms with Gasteiger partial charge in [-0.05, 0) is 36.5 Å². The highest BCUT2D eigenvalue weighted by Gasteiger charge is 2.22. The van der Waals surface area contributed by atoms with Gasteiger partial charge in [0.1, 0.15) is 5.75 Å². The fourth-order valence-electron chi connectivity index (χ4n) is 2.94. The highest BCUT2D eigenvalue weighted by Crippen LogP contribution is 2.16. The summed E-state index contributed by atoms with van der Waals surface area (Å²) in [6, 6.07) is 9.16. The first-order valence-corrected chi connectivity index (χ1v) is 7.76. The fraction of sp³-hybridized carbons (Fsp3) is 0.647. The number of methoxy groups -OCH3 is 1. The molecule has 3 nitrogen and oxygen atoms in total. The Kier molecular flexibility index (Phi) is 5.86. The average molecular weight is 276 g/mol. The molecule has 1 saturated heterocycles. The van der Waals surface area contributed by atoms with Gasteiger partial charge in [0.2, 0.25) is 0 Å². The molecule has 1 aliphatic rings. The minimum Gasteiger partial charge on any atom is -0.497 e. The van der Waals surface area contributed by atoms with Crippen LogP contribution in [0, 0.1) is 5.92 Å². The van der Waals surface area contributed by atoms with Gasteiger partial charge < -0.3 is 10.1 Å². The normalized spacial score (nSPS) is 20.3. The number of hydrogen-bond acceptors (Lipinski definition) is 3.